The Balaban J connectivity index is 3.63. The summed E-state index contributed by atoms with van der Waals surface area (Å²) in [6.07, 6.45) is 0.350. The number of nitrogens with two attached hydrogens (primary N) is 1. The van der Waals surface area contributed by atoms with Gasteiger partial charge in [-0.15, -0.1) is 0 Å². The third-order valence-electron chi connectivity index (χ3n) is 1.54. The first-order valence-corrected chi connectivity index (χ1v) is 4.25. The van der Waals surface area contributed by atoms with Crippen LogP contribution in [0.15, 0.2) is 0 Å². The lowest BCUT2D eigenvalue weighted by Crippen LogP contribution is -2.39. The summed E-state index contributed by atoms with van der Waals surface area (Å²) in [4.78, 5) is 12.6. The summed E-state index contributed by atoms with van der Waals surface area (Å²) in [7, 11) is 1.85. The standard InChI is InChI=1S/C8H19N3O2/c1-8(2,13)6-11(3)5-4-7(12)10-9/h13H,4-6,9H2,1-3H3,(H,10,12). The van der Waals surface area contributed by atoms with Crippen molar-refractivity contribution in [2.45, 2.75) is 25.9 Å². The van der Waals surface area contributed by atoms with Crippen LogP contribution < -0.4 is 11.3 Å². The van der Waals surface area contributed by atoms with Gasteiger partial charge in [-0.1, -0.05) is 0 Å². The van der Waals surface area contributed by atoms with Crippen molar-refractivity contribution in [2.24, 2.45) is 5.84 Å². The highest BCUT2D eigenvalue weighted by atomic mass is 16.3. The topological polar surface area (TPSA) is 78.6 Å². The van der Waals surface area contributed by atoms with Gasteiger partial charge in [0.05, 0.1) is 5.60 Å². The molecule has 0 unspecified atom stereocenters. The molecule has 0 saturated carbocycles. The predicted octanol–water partition coefficient (Wildman–Crippen LogP) is -0.931. The average Bonchev–Trinajstić information content (AvgIpc) is 1.97. The number of hydrazine groups is 1. The van der Waals surface area contributed by atoms with Crippen LogP contribution >= 0.6 is 0 Å². The molecule has 0 bridgehead atoms. The summed E-state index contributed by atoms with van der Waals surface area (Å²) < 4.78 is 0. The molecule has 0 aromatic heterocycles. The Morgan fingerprint density at radius 2 is 2.15 bits per heavy atom. The van der Waals surface area contributed by atoms with E-state index < -0.39 is 5.60 Å². The van der Waals surface area contributed by atoms with Crippen LogP contribution in [-0.4, -0.2) is 41.7 Å². The van der Waals surface area contributed by atoms with Crippen LogP contribution in [0.5, 0.6) is 0 Å². The summed E-state index contributed by atoms with van der Waals surface area (Å²) in [5, 5.41) is 9.44. The minimum atomic E-state index is -0.728. The van der Waals surface area contributed by atoms with Gasteiger partial charge < -0.3 is 10.0 Å². The highest BCUT2D eigenvalue weighted by Gasteiger charge is 2.15. The molecule has 0 aromatic rings. The van der Waals surface area contributed by atoms with Crippen molar-refractivity contribution in [2.75, 3.05) is 20.1 Å². The molecule has 0 atom stereocenters. The third kappa shape index (κ3) is 7.70. The minimum Gasteiger partial charge on any atom is -0.389 e. The molecule has 5 heteroatoms. The van der Waals surface area contributed by atoms with Gasteiger partial charge in [0.1, 0.15) is 0 Å². The molecule has 78 valence electrons. The largest absolute Gasteiger partial charge is 0.389 e. The minimum absolute atomic E-state index is 0.192. The van der Waals surface area contributed by atoms with Gasteiger partial charge in [-0.3, -0.25) is 10.2 Å². The lowest BCUT2D eigenvalue weighted by molar-refractivity contribution is -0.121. The van der Waals surface area contributed by atoms with Gasteiger partial charge in [-0.25, -0.2) is 5.84 Å². The zero-order valence-electron chi connectivity index (χ0n) is 8.50. The number of aliphatic hydroxyl groups is 1. The maximum Gasteiger partial charge on any atom is 0.235 e. The van der Waals surface area contributed by atoms with Crippen LogP contribution in [0.25, 0.3) is 0 Å². The fourth-order valence-corrected chi connectivity index (χ4v) is 1.10. The summed E-state index contributed by atoms with van der Waals surface area (Å²) in [6.45, 7) is 4.58. The van der Waals surface area contributed by atoms with E-state index in [2.05, 4.69) is 5.43 Å². The van der Waals surface area contributed by atoms with Crippen LogP contribution in [-0.2, 0) is 4.79 Å². The van der Waals surface area contributed by atoms with Gasteiger partial charge in [0.25, 0.3) is 0 Å². The molecule has 5 nitrogen and oxygen atoms in total. The summed E-state index contributed by atoms with van der Waals surface area (Å²) in [6, 6.07) is 0. The van der Waals surface area contributed by atoms with Crippen LogP contribution in [0, 0.1) is 0 Å². The van der Waals surface area contributed by atoms with Gasteiger partial charge >= 0.3 is 0 Å². The van der Waals surface area contributed by atoms with E-state index in [1.807, 2.05) is 11.9 Å². The lowest BCUT2D eigenvalue weighted by Gasteiger charge is -2.24. The zero-order valence-corrected chi connectivity index (χ0v) is 8.50. The van der Waals surface area contributed by atoms with Crippen molar-refractivity contribution in [3.8, 4) is 0 Å². The van der Waals surface area contributed by atoms with Gasteiger partial charge in [0, 0.05) is 19.5 Å². The molecule has 0 spiro atoms. The number of carbonyl (C=O) groups is 1. The number of hydrogen-bond donors (Lipinski definition) is 3. The molecule has 1 amide bonds. The Morgan fingerprint density at radius 1 is 1.62 bits per heavy atom. The Bertz CT molecular complexity index is 165. The molecule has 0 radical (unpaired) electrons. The maximum absolute atomic E-state index is 10.8. The predicted molar refractivity (Wildman–Crippen MR) is 50.7 cm³/mol. The van der Waals surface area contributed by atoms with Crippen LogP contribution in [0.3, 0.4) is 0 Å². The molecule has 0 fully saturated rings. The molecule has 0 aromatic carbocycles. The summed E-state index contributed by atoms with van der Waals surface area (Å²) >= 11 is 0. The van der Waals surface area contributed by atoms with Gasteiger partial charge in [0.2, 0.25) is 5.91 Å². The number of likely N-dealkylation sites (N-methyl/N-ethyl adjacent to an activating group) is 1. The molecule has 13 heavy (non-hydrogen) atoms. The van der Waals surface area contributed by atoms with Gasteiger partial charge in [0.15, 0.2) is 0 Å². The first kappa shape index (κ1) is 12.3. The van der Waals surface area contributed by atoms with Gasteiger partial charge in [-0.2, -0.15) is 0 Å². The smallest absolute Gasteiger partial charge is 0.235 e. The first-order valence-electron chi connectivity index (χ1n) is 4.25. The number of nitrogens with one attached hydrogen (secondary N) is 1. The first-order chi connectivity index (χ1) is 5.85. The van der Waals surface area contributed by atoms with Gasteiger partial charge in [-0.05, 0) is 20.9 Å². The maximum atomic E-state index is 10.8. The van der Waals surface area contributed by atoms with E-state index in [1.54, 1.807) is 13.8 Å². The van der Waals surface area contributed by atoms with Crippen LogP contribution in [0.1, 0.15) is 20.3 Å². The van der Waals surface area contributed by atoms with E-state index >= 15 is 0 Å². The van der Waals surface area contributed by atoms with E-state index in [0.717, 1.165) is 0 Å². The molecule has 0 saturated heterocycles. The van der Waals surface area contributed by atoms with Crippen molar-refractivity contribution in [3.05, 3.63) is 0 Å². The molecule has 4 N–H and O–H groups in total. The monoisotopic (exact) mass is 189 g/mol. The number of carbonyl (C=O) groups excluding carboxylic acids is 1. The van der Waals surface area contributed by atoms with Crippen LogP contribution in [0.2, 0.25) is 0 Å². The summed E-state index contributed by atoms with van der Waals surface area (Å²) in [5.74, 6) is 4.73. The number of amides is 1. The Labute approximate surface area is 78.9 Å². The van der Waals surface area contributed by atoms with Crippen molar-refractivity contribution in [3.63, 3.8) is 0 Å². The highest BCUT2D eigenvalue weighted by molar-refractivity contribution is 5.75. The quantitative estimate of drug-likeness (QED) is 0.296. The number of nitrogens with zero attached hydrogens (tertiary/aromatic N) is 1. The Hall–Kier alpha value is -0.650. The van der Waals surface area contributed by atoms with Crippen molar-refractivity contribution < 1.29 is 9.90 Å². The van der Waals surface area contributed by atoms with E-state index in [0.29, 0.717) is 19.5 Å². The fraction of sp³-hybridized carbons (Fsp3) is 0.875. The molecule has 0 aliphatic carbocycles. The molecular weight excluding hydrogens is 170 g/mol. The normalized spacial score (nSPS) is 11.8. The van der Waals surface area contributed by atoms with E-state index in [4.69, 9.17) is 5.84 Å². The van der Waals surface area contributed by atoms with E-state index in [1.165, 1.54) is 0 Å². The SMILES string of the molecule is CN(CCC(=O)NN)CC(C)(C)O. The van der Waals surface area contributed by atoms with E-state index in [9.17, 15) is 9.90 Å². The zero-order chi connectivity index (χ0) is 10.5. The second-order valence-electron chi connectivity index (χ2n) is 3.87. The molecule has 0 rings (SSSR count). The van der Waals surface area contributed by atoms with Crippen molar-refractivity contribution >= 4 is 5.91 Å². The molecule has 0 heterocycles. The fourth-order valence-electron chi connectivity index (χ4n) is 1.10. The van der Waals surface area contributed by atoms with Crippen molar-refractivity contribution in [1.82, 2.24) is 10.3 Å². The molecule has 0 aliphatic heterocycles. The second-order valence-corrected chi connectivity index (χ2v) is 3.87. The highest BCUT2D eigenvalue weighted by Crippen LogP contribution is 2.02. The molecule has 0 aliphatic rings. The Kier molecular flexibility index (Phi) is 4.90. The summed E-state index contributed by atoms with van der Waals surface area (Å²) in [5.41, 5.74) is 1.33. The third-order valence-corrected chi connectivity index (χ3v) is 1.54. The molecular formula is C8H19N3O2. The average molecular weight is 189 g/mol. The number of hydrogen-bond acceptors (Lipinski definition) is 4. The lowest BCUT2D eigenvalue weighted by atomic mass is 10.1. The van der Waals surface area contributed by atoms with Crippen molar-refractivity contribution in [1.29, 1.82) is 0 Å². The number of rotatable bonds is 5. The Morgan fingerprint density at radius 3 is 2.54 bits per heavy atom. The second kappa shape index (κ2) is 5.16. The van der Waals surface area contributed by atoms with Crippen LogP contribution in [0.4, 0.5) is 0 Å². The van der Waals surface area contributed by atoms with E-state index in [-0.39, 0.29) is 5.91 Å².